The monoisotopic (exact) mass is 98.1 g/mol. The average Bonchev–Trinajstić information content (AvgIpc) is 1.35. The van der Waals surface area contributed by atoms with Gasteiger partial charge in [0.1, 0.15) is 0 Å². The first-order chi connectivity index (χ1) is 2.77. The first kappa shape index (κ1) is 5.96. The Labute approximate surface area is 42.1 Å². The molecule has 2 radical (unpaired) electrons. The summed E-state index contributed by atoms with van der Waals surface area (Å²) in [6, 6.07) is 0. The lowest BCUT2D eigenvalue weighted by molar-refractivity contribution is 1.07. The molecule has 6 heavy (non-hydrogen) atoms. The van der Waals surface area contributed by atoms with Crippen LogP contribution in [0.4, 0.5) is 0 Å². The Morgan fingerprint density at radius 1 is 1.67 bits per heavy atom. The summed E-state index contributed by atoms with van der Waals surface area (Å²) in [4.78, 5) is 0. The molecule has 0 bridgehead atoms. The molecule has 0 amide bonds. The smallest absolute Gasteiger partial charge is 0.0724 e. The summed E-state index contributed by atoms with van der Waals surface area (Å²) in [5, 5.41) is 0. The van der Waals surface area contributed by atoms with Crippen molar-refractivity contribution in [1.82, 2.24) is 0 Å². The van der Waals surface area contributed by atoms with Gasteiger partial charge in [-0.25, -0.2) is 0 Å². The molecule has 0 saturated heterocycles. The molecule has 0 heterocycles. The van der Waals surface area contributed by atoms with E-state index in [9.17, 15) is 0 Å². The van der Waals surface area contributed by atoms with Crippen LogP contribution in [0.5, 0.6) is 0 Å². The molecule has 0 aliphatic carbocycles. The highest BCUT2D eigenvalue weighted by Gasteiger charge is 1.85. The van der Waals surface area contributed by atoms with Gasteiger partial charge >= 0.3 is 0 Å². The van der Waals surface area contributed by atoms with Crippen LogP contribution < -0.4 is 0 Å². The molecule has 0 saturated carbocycles. The minimum atomic E-state index is 0.808. The standard InChI is InChI=1S/C5H10Si/c1-4-6-5(2)3/h4-5H,1H2,2-3H3. The Hall–Kier alpha value is -0.0431. The van der Waals surface area contributed by atoms with Crippen molar-refractivity contribution in [2.75, 3.05) is 0 Å². The topological polar surface area (TPSA) is 0 Å². The molecule has 0 aromatic carbocycles. The van der Waals surface area contributed by atoms with Crippen LogP contribution in [-0.2, 0) is 0 Å². The second kappa shape index (κ2) is 3.16. The second-order valence-electron chi connectivity index (χ2n) is 1.53. The van der Waals surface area contributed by atoms with E-state index in [0.29, 0.717) is 0 Å². The van der Waals surface area contributed by atoms with Crippen LogP contribution in [0.2, 0.25) is 5.54 Å². The van der Waals surface area contributed by atoms with Gasteiger partial charge in [-0.2, -0.15) is 0 Å². The minimum absolute atomic E-state index is 0.808. The fourth-order valence-corrected chi connectivity index (χ4v) is 0.707. The van der Waals surface area contributed by atoms with Crippen LogP contribution in [-0.4, -0.2) is 9.52 Å². The predicted molar refractivity (Wildman–Crippen MR) is 31.0 cm³/mol. The first-order valence-corrected chi connectivity index (χ1v) is 3.29. The van der Waals surface area contributed by atoms with E-state index in [-0.39, 0.29) is 0 Å². The Morgan fingerprint density at radius 3 is 2.17 bits per heavy atom. The van der Waals surface area contributed by atoms with Gasteiger partial charge in [0.15, 0.2) is 0 Å². The van der Waals surface area contributed by atoms with Crippen molar-refractivity contribution in [1.29, 1.82) is 0 Å². The Bertz CT molecular complexity index is 39.2. The molecule has 0 fully saturated rings. The third-order valence-electron chi connectivity index (χ3n) is 0.451. The molecule has 0 atom stereocenters. The summed E-state index contributed by atoms with van der Waals surface area (Å²) in [6.45, 7) is 8.00. The van der Waals surface area contributed by atoms with Gasteiger partial charge in [0.2, 0.25) is 0 Å². The van der Waals surface area contributed by atoms with Gasteiger partial charge in [-0.05, 0) is 0 Å². The van der Waals surface area contributed by atoms with E-state index in [4.69, 9.17) is 0 Å². The Balaban J connectivity index is 2.81. The van der Waals surface area contributed by atoms with Gasteiger partial charge in [0.25, 0.3) is 0 Å². The highest BCUT2D eigenvalue weighted by Crippen LogP contribution is 1.94. The maximum absolute atomic E-state index is 3.61. The van der Waals surface area contributed by atoms with Gasteiger partial charge < -0.3 is 0 Å². The van der Waals surface area contributed by atoms with Crippen molar-refractivity contribution in [3.63, 3.8) is 0 Å². The van der Waals surface area contributed by atoms with E-state index in [1.807, 2.05) is 5.70 Å². The molecule has 0 nitrogen and oxygen atoms in total. The van der Waals surface area contributed by atoms with Crippen molar-refractivity contribution in [2.24, 2.45) is 0 Å². The van der Waals surface area contributed by atoms with Crippen molar-refractivity contribution in [3.05, 3.63) is 12.3 Å². The number of hydrogen-bond acceptors (Lipinski definition) is 0. The SMILES string of the molecule is C=C[Si]C(C)C. The van der Waals surface area contributed by atoms with E-state index in [0.717, 1.165) is 15.1 Å². The van der Waals surface area contributed by atoms with Crippen molar-refractivity contribution in [3.8, 4) is 0 Å². The van der Waals surface area contributed by atoms with Crippen LogP contribution >= 0.6 is 0 Å². The van der Waals surface area contributed by atoms with Crippen LogP contribution in [0.25, 0.3) is 0 Å². The number of rotatable bonds is 2. The summed E-state index contributed by atoms with van der Waals surface area (Å²) >= 11 is 0. The van der Waals surface area contributed by atoms with Gasteiger partial charge in [-0.1, -0.05) is 19.4 Å². The fourth-order valence-electron chi connectivity index (χ4n) is 0.236. The second-order valence-corrected chi connectivity index (χ2v) is 3.42. The van der Waals surface area contributed by atoms with Gasteiger partial charge in [0, 0.05) is 0 Å². The maximum atomic E-state index is 3.61. The van der Waals surface area contributed by atoms with Crippen molar-refractivity contribution >= 4 is 9.52 Å². The molecular formula is C5H10Si. The fraction of sp³-hybridized carbons (Fsp3) is 0.600. The normalized spacial score (nSPS) is 9.17. The van der Waals surface area contributed by atoms with Crippen LogP contribution in [0.3, 0.4) is 0 Å². The van der Waals surface area contributed by atoms with Crippen LogP contribution in [0, 0.1) is 0 Å². The van der Waals surface area contributed by atoms with E-state index in [1.165, 1.54) is 0 Å². The third kappa shape index (κ3) is 3.96. The van der Waals surface area contributed by atoms with E-state index in [1.54, 1.807) is 0 Å². The molecule has 1 heteroatoms. The summed E-state index contributed by atoms with van der Waals surface area (Å²) in [5.74, 6) is 0. The predicted octanol–water partition coefficient (Wildman–Crippen LogP) is 1.66. The van der Waals surface area contributed by atoms with Gasteiger partial charge in [0.05, 0.1) is 9.52 Å². The third-order valence-corrected chi connectivity index (χ3v) is 1.35. The minimum Gasteiger partial charge on any atom is -0.107 e. The summed E-state index contributed by atoms with van der Waals surface area (Å²) in [6.07, 6.45) is 0. The Morgan fingerprint density at radius 2 is 2.17 bits per heavy atom. The van der Waals surface area contributed by atoms with Gasteiger partial charge in [-0.15, -0.1) is 12.3 Å². The summed E-state index contributed by atoms with van der Waals surface area (Å²) in [5.41, 5.74) is 2.78. The van der Waals surface area contributed by atoms with Crippen LogP contribution in [0.15, 0.2) is 12.3 Å². The van der Waals surface area contributed by atoms with Crippen LogP contribution in [0.1, 0.15) is 13.8 Å². The molecule has 0 unspecified atom stereocenters. The number of hydrogen-bond donors (Lipinski definition) is 0. The maximum Gasteiger partial charge on any atom is 0.0724 e. The lowest BCUT2D eigenvalue weighted by atomic mass is 10.6. The molecular weight excluding hydrogens is 88.1 g/mol. The van der Waals surface area contributed by atoms with E-state index < -0.39 is 0 Å². The first-order valence-electron chi connectivity index (χ1n) is 2.14. The molecule has 0 N–H and O–H groups in total. The van der Waals surface area contributed by atoms with E-state index in [2.05, 4.69) is 20.4 Å². The molecule has 0 spiro atoms. The lowest BCUT2D eigenvalue weighted by Crippen LogP contribution is -1.86. The zero-order valence-corrected chi connectivity index (χ0v) is 5.36. The lowest BCUT2D eigenvalue weighted by Gasteiger charge is -1.90. The molecule has 0 aliphatic rings. The molecule has 0 aromatic rings. The highest BCUT2D eigenvalue weighted by molar-refractivity contribution is 6.43. The zero-order valence-electron chi connectivity index (χ0n) is 4.36. The zero-order chi connectivity index (χ0) is 4.99. The highest BCUT2D eigenvalue weighted by atomic mass is 28.2. The van der Waals surface area contributed by atoms with Gasteiger partial charge in [-0.3, -0.25) is 0 Å². The summed E-state index contributed by atoms with van der Waals surface area (Å²) < 4.78 is 0. The average molecular weight is 98.2 g/mol. The molecule has 0 aromatic heterocycles. The summed E-state index contributed by atoms with van der Waals surface area (Å²) in [7, 11) is 0.935. The van der Waals surface area contributed by atoms with Crippen molar-refractivity contribution < 1.29 is 0 Å². The molecule has 0 rings (SSSR count). The molecule has 0 aliphatic heterocycles. The van der Waals surface area contributed by atoms with Crippen molar-refractivity contribution in [2.45, 2.75) is 19.4 Å². The quantitative estimate of drug-likeness (QED) is 0.461. The largest absolute Gasteiger partial charge is 0.107 e. The Kier molecular flexibility index (Phi) is 3.14. The molecule has 34 valence electrons. The van der Waals surface area contributed by atoms with E-state index >= 15 is 0 Å².